The maximum absolute atomic E-state index is 13.4. The molecule has 0 radical (unpaired) electrons. The quantitative estimate of drug-likeness (QED) is 0.104. The molecule has 0 aliphatic carbocycles. The average Bonchev–Trinajstić information content (AvgIpc) is 3.10. The van der Waals surface area contributed by atoms with E-state index < -0.39 is 72.1 Å². The van der Waals surface area contributed by atoms with Gasteiger partial charge in [-0.15, -0.1) is 0 Å². The molecule has 0 saturated carbocycles. The molecule has 14 nitrogen and oxygen atoms in total. The molecular weight excluding hydrogens is 688 g/mol. The molecule has 2 heterocycles. The number of amides is 2. The van der Waals surface area contributed by atoms with E-state index in [-0.39, 0.29) is 51.0 Å². The van der Waals surface area contributed by atoms with Gasteiger partial charge in [-0.25, -0.2) is 9.59 Å². The van der Waals surface area contributed by atoms with E-state index in [1.54, 1.807) is 51.3 Å². The number of esters is 2. The van der Waals surface area contributed by atoms with Crippen molar-refractivity contribution in [2.45, 2.75) is 130 Å². The van der Waals surface area contributed by atoms with Crippen molar-refractivity contribution in [2.24, 2.45) is 17.8 Å². The average molecular weight is 753 g/mol. The lowest BCUT2D eigenvalue weighted by molar-refractivity contribution is -0.157. The largest absolute Gasteiger partial charge is 0.457 e. The molecule has 1 saturated heterocycles. The van der Waals surface area contributed by atoms with Crippen LogP contribution < -0.4 is 0 Å². The highest BCUT2D eigenvalue weighted by molar-refractivity contribution is 5.71. The van der Waals surface area contributed by atoms with Gasteiger partial charge < -0.3 is 48.8 Å². The summed E-state index contributed by atoms with van der Waals surface area (Å²) in [6, 6.07) is 0. The van der Waals surface area contributed by atoms with Gasteiger partial charge in [0.15, 0.2) is 0 Å². The molecule has 2 aliphatic heterocycles. The van der Waals surface area contributed by atoms with Crippen molar-refractivity contribution >= 4 is 24.1 Å². The number of allylic oxidation sites excluding steroid dienone is 2. The molecule has 0 aromatic rings. The first-order chi connectivity index (χ1) is 24.9. The molecule has 10 atom stereocenters. The van der Waals surface area contributed by atoms with Crippen LogP contribution in [0.15, 0.2) is 36.0 Å². The van der Waals surface area contributed by atoms with Crippen molar-refractivity contribution in [3.63, 3.8) is 0 Å². The molecule has 3 N–H and O–H groups in total. The SMILES string of the molecule is CCOC(=O)N1CCN(C(=O)OC(C(C)/C=C/C=C(\C)C2OC(=O)CC(O)CCC(C)(O)C(OC(C)=O)/C=C/C2C)C(O)CC(C)C(CC)OC)CC1. The number of aliphatic hydroxyl groups is 3. The predicted octanol–water partition coefficient (Wildman–Crippen LogP) is 4.55. The number of ether oxygens (including phenoxy) is 5. The minimum Gasteiger partial charge on any atom is -0.457 e. The fraction of sp³-hybridized carbons (Fsp3) is 0.744. The van der Waals surface area contributed by atoms with Gasteiger partial charge in [0.25, 0.3) is 0 Å². The number of hydrogen-bond acceptors (Lipinski definition) is 12. The fourth-order valence-corrected chi connectivity index (χ4v) is 6.70. The van der Waals surface area contributed by atoms with Gasteiger partial charge in [0.05, 0.1) is 31.3 Å². The Labute approximate surface area is 315 Å². The van der Waals surface area contributed by atoms with Crippen molar-refractivity contribution in [2.75, 3.05) is 39.9 Å². The van der Waals surface area contributed by atoms with E-state index in [0.717, 1.165) is 6.42 Å². The molecule has 0 aromatic carbocycles. The standard InChI is InChI=1S/C39H64N2O12/c1-10-32(49-9)28(6)23-31(44)36(53-38(47)41-21-19-40(20-22-41)37(46)50-11-2)26(4)14-12-13-25(3)35-27(5)15-16-33(51-29(7)42)39(8,48)18-17-30(43)24-34(45)52-35/h12-16,26-28,30-33,35-36,43-44,48H,10-11,17-24H2,1-9H3/b14-12+,16-15+,25-13+. The zero-order valence-electron chi connectivity index (χ0n) is 33.1. The number of piperazine rings is 1. The minimum absolute atomic E-state index is 0.0272. The first-order valence-corrected chi connectivity index (χ1v) is 18.8. The number of carbonyl (C=O) groups is 4. The zero-order chi connectivity index (χ0) is 39.9. The van der Waals surface area contributed by atoms with Crippen LogP contribution in [0.1, 0.15) is 87.5 Å². The van der Waals surface area contributed by atoms with Gasteiger partial charge in [-0.2, -0.15) is 0 Å². The first kappa shape index (κ1) is 45.7. The summed E-state index contributed by atoms with van der Waals surface area (Å²) in [5.41, 5.74) is -0.819. The molecule has 10 unspecified atom stereocenters. The molecule has 2 aliphatic rings. The summed E-state index contributed by atoms with van der Waals surface area (Å²) in [7, 11) is 1.63. The van der Waals surface area contributed by atoms with E-state index in [1.807, 2.05) is 27.7 Å². The molecule has 2 rings (SSSR count). The lowest BCUT2D eigenvalue weighted by atomic mass is 9.88. The molecule has 0 bridgehead atoms. The Morgan fingerprint density at radius 1 is 1.08 bits per heavy atom. The number of hydrogen-bond donors (Lipinski definition) is 3. The van der Waals surface area contributed by atoms with Crippen LogP contribution in [0.4, 0.5) is 9.59 Å². The first-order valence-electron chi connectivity index (χ1n) is 18.8. The highest BCUT2D eigenvalue weighted by Crippen LogP contribution is 2.28. The summed E-state index contributed by atoms with van der Waals surface area (Å²) >= 11 is 0. The normalized spacial score (nSPS) is 28.4. The second-order valence-electron chi connectivity index (χ2n) is 14.6. The summed E-state index contributed by atoms with van der Waals surface area (Å²) in [4.78, 5) is 53.3. The number of carbonyl (C=O) groups excluding carboxylic acids is 4. The number of rotatable bonds is 13. The molecule has 0 spiro atoms. The number of aliphatic hydroxyl groups excluding tert-OH is 2. The van der Waals surface area contributed by atoms with E-state index in [2.05, 4.69) is 0 Å². The summed E-state index contributed by atoms with van der Waals surface area (Å²) in [6.45, 7) is 15.3. The topological polar surface area (TPSA) is 182 Å². The number of methoxy groups -OCH3 is 1. The Bertz CT molecular complexity index is 1270. The molecule has 1 fully saturated rings. The van der Waals surface area contributed by atoms with Crippen LogP contribution in [-0.2, 0) is 33.3 Å². The van der Waals surface area contributed by atoms with Gasteiger partial charge in [-0.05, 0) is 64.0 Å². The molecular formula is C39H64N2O12. The van der Waals surface area contributed by atoms with Gasteiger partial charge in [-0.1, -0.05) is 52.0 Å². The van der Waals surface area contributed by atoms with Crippen molar-refractivity contribution in [3.05, 3.63) is 36.0 Å². The monoisotopic (exact) mass is 752 g/mol. The highest BCUT2D eigenvalue weighted by Gasteiger charge is 2.36. The van der Waals surface area contributed by atoms with Crippen LogP contribution in [0.2, 0.25) is 0 Å². The van der Waals surface area contributed by atoms with Crippen molar-refractivity contribution in [1.82, 2.24) is 9.80 Å². The smallest absolute Gasteiger partial charge is 0.410 e. The minimum atomic E-state index is -1.48. The van der Waals surface area contributed by atoms with Gasteiger partial charge in [-0.3, -0.25) is 9.59 Å². The van der Waals surface area contributed by atoms with E-state index >= 15 is 0 Å². The Morgan fingerprint density at radius 3 is 2.26 bits per heavy atom. The second kappa shape index (κ2) is 22.0. The van der Waals surface area contributed by atoms with Gasteiger partial charge in [0.1, 0.15) is 23.9 Å². The van der Waals surface area contributed by atoms with Gasteiger partial charge in [0, 0.05) is 52.0 Å². The third-order valence-electron chi connectivity index (χ3n) is 9.99. The summed E-state index contributed by atoms with van der Waals surface area (Å²) < 4.78 is 27.9. The van der Waals surface area contributed by atoms with Crippen LogP contribution in [0.3, 0.4) is 0 Å². The molecule has 53 heavy (non-hydrogen) atoms. The third kappa shape index (κ3) is 14.7. The molecule has 14 heteroatoms. The van der Waals surface area contributed by atoms with Crippen LogP contribution >= 0.6 is 0 Å². The van der Waals surface area contributed by atoms with E-state index in [1.165, 1.54) is 23.6 Å². The van der Waals surface area contributed by atoms with Gasteiger partial charge >= 0.3 is 24.1 Å². The maximum Gasteiger partial charge on any atom is 0.410 e. The Morgan fingerprint density at radius 2 is 1.70 bits per heavy atom. The number of nitrogens with zero attached hydrogens (tertiary/aromatic N) is 2. The summed E-state index contributed by atoms with van der Waals surface area (Å²) in [5.74, 6) is -2.06. The lowest BCUT2D eigenvalue weighted by Crippen LogP contribution is -2.52. The third-order valence-corrected chi connectivity index (χ3v) is 9.99. The molecule has 0 aromatic heterocycles. The number of cyclic esters (lactones) is 1. The Balaban J connectivity index is 2.32. The molecule has 2 amide bonds. The van der Waals surface area contributed by atoms with Crippen LogP contribution in [-0.4, -0.2) is 131 Å². The fourth-order valence-electron chi connectivity index (χ4n) is 6.70. The van der Waals surface area contributed by atoms with Crippen LogP contribution in [0.5, 0.6) is 0 Å². The zero-order valence-corrected chi connectivity index (χ0v) is 33.1. The summed E-state index contributed by atoms with van der Waals surface area (Å²) in [6.07, 6.45) is 3.75. The van der Waals surface area contributed by atoms with E-state index in [0.29, 0.717) is 25.1 Å². The second-order valence-corrected chi connectivity index (χ2v) is 14.6. The summed E-state index contributed by atoms with van der Waals surface area (Å²) in [5, 5.41) is 33.1. The Hall–Kier alpha value is -3.46. The van der Waals surface area contributed by atoms with E-state index in [9.17, 15) is 34.5 Å². The highest BCUT2D eigenvalue weighted by atomic mass is 16.6. The van der Waals surface area contributed by atoms with Crippen molar-refractivity contribution in [1.29, 1.82) is 0 Å². The van der Waals surface area contributed by atoms with Crippen LogP contribution in [0.25, 0.3) is 0 Å². The van der Waals surface area contributed by atoms with Crippen LogP contribution in [0, 0.1) is 17.8 Å². The van der Waals surface area contributed by atoms with Gasteiger partial charge in [0.2, 0.25) is 0 Å². The lowest BCUT2D eigenvalue weighted by Gasteiger charge is -2.36. The molecule has 302 valence electrons. The van der Waals surface area contributed by atoms with E-state index in [4.69, 9.17) is 23.7 Å². The van der Waals surface area contributed by atoms with Crippen molar-refractivity contribution < 1.29 is 58.2 Å². The maximum atomic E-state index is 13.4. The Kier molecular flexibility index (Phi) is 19.0. The van der Waals surface area contributed by atoms with Crippen molar-refractivity contribution in [3.8, 4) is 0 Å². The predicted molar refractivity (Wildman–Crippen MR) is 198 cm³/mol.